The van der Waals surface area contributed by atoms with Gasteiger partial charge in [-0.2, -0.15) is 0 Å². The highest BCUT2D eigenvalue weighted by Crippen LogP contribution is 2.25. The predicted octanol–water partition coefficient (Wildman–Crippen LogP) is 2.17. The van der Waals surface area contributed by atoms with Gasteiger partial charge in [-0.05, 0) is 34.3 Å². The monoisotopic (exact) mass is 341 g/mol. The van der Waals surface area contributed by atoms with Gasteiger partial charge in [-0.3, -0.25) is 14.9 Å². The van der Waals surface area contributed by atoms with Crippen molar-refractivity contribution in [2.45, 2.75) is 19.4 Å². The molecule has 108 valence electrons. The van der Waals surface area contributed by atoms with Crippen LogP contribution in [-0.4, -0.2) is 34.9 Å². The van der Waals surface area contributed by atoms with Crippen molar-refractivity contribution < 1.29 is 9.72 Å². The smallest absolute Gasteiger partial charge is 0.270 e. The number of amides is 1. The van der Waals surface area contributed by atoms with Crippen LogP contribution in [0.2, 0.25) is 0 Å². The van der Waals surface area contributed by atoms with Gasteiger partial charge < -0.3 is 10.6 Å². The van der Waals surface area contributed by atoms with Crippen molar-refractivity contribution in [1.29, 1.82) is 0 Å². The van der Waals surface area contributed by atoms with E-state index in [0.717, 1.165) is 6.42 Å². The number of benzene rings is 1. The van der Waals surface area contributed by atoms with E-state index in [1.54, 1.807) is 4.90 Å². The molecule has 1 heterocycles. The molecule has 20 heavy (non-hydrogen) atoms. The molecule has 6 nitrogen and oxygen atoms in total. The van der Waals surface area contributed by atoms with Gasteiger partial charge in [-0.25, -0.2) is 0 Å². The van der Waals surface area contributed by atoms with E-state index in [0.29, 0.717) is 29.0 Å². The maximum atomic E-state index is 12.5. The van der Waals surface area contributed by atoms with Crippen LogP contribution < -0.4 is 5.73 Å². The molecule has 7 heteroatoms. The Morgan fingerprint density at radius 2 is 2.25 bits per heavy atom. The van der Waals surface area contributed by atoms with Gasteiger partial charge in [0.1, 0.15) is 0 Å². The standard InChI is InChI=1S/C13H16BrN3O3/c1-8-4-5-16(7-12(8)15)13(18)10-6-9(17(19)20)2-3-11(10)14/h2-3,6,8,12H,4-5,7,15H2,1H3. The Morgan fingerprint density at radius 3 is 2.85 bits per heavy atom. The van der Waals surface area contributed by atoms with Crippen LogP contribution in [0.5, 0.6) is 0 Å². The number of nitro groups is 1. The van der Waals surface area contributed by atoms with Gasteiger partial charge in [0.2, 0.25) is 0 Å². The van der Waals surface area contributed by atoms with Gasteiger partial charge in [0.15, 0.2) is 0 Å². The lowest BCUT2D eigenvalue weighted by Crippen LogP contribution is -2.49. The first-order chi connectivity index (χ1) is 9.40. The van der Waals surface area contributed by atoms with E-state index in [2.05, 4.69) is 22.9 Å². The second-order valence-corrected chi connectivity index (χ2v) is 5.96. The fraction of sp³-hybridized carbons (Fsp3) is 0.462. The summed E-state index contributed by atoms with van der Waals surface area (Å²) >= 11 is 3.27. The van der Waals surface area contributed by atoms with Gasteiger partial charge in [0, 0.05) is 35.7 Å². The molecule has 0 radical (unpaired) electrons. The van der Waals surface area contributed by atoms with E-state index in [1.165, 1.54) is 18.2 Å². The third kappa shape index (κ3) is 2.99. The molecule has 1 aromatic carbocycles. The van der Waals surface area contributed by atoms with Crippen molar-refractivity contribution in [3.05, 3.63) is 38.3 Å². The molecule has 1 aliphatic rings. The highest BCUT2D eigenvalue weighted by molar-refractivity contribution is 9.10. The molecule has 0 aliphatic carbocycles. The number of piperidine rings is 1. The topological polar surface area (TPSA) is 89.5 Å². The van der Waals surface area contributed by atoms with Gasteiger partial charge in [0.25, 0.3) is 11.6 Å². The summed E-state index contributed by atoms with van der Waals surface area (Å²) in [6.07, 6.45) is 0.847. The Balaban J connectivity index is 2.25. The van der Waals surface area contributed by atoms with Gasteiger partial charge in [-0.15, -0.1) is 0 Å². The summed E-state index contributed by atoms with van der Waals surface area (Å²) in [6.45, 7) is 3.17. The fourth-order valence-corrected chi connectivity index (χ4v) is 2.66. The number of carbonyl (C=O) groups is 1. The number of hydrogen-bond acceptors (Lipinski definition) is 4. The van der Waals surface area contributed by atoms with E-state index in [9.17, 15) is 14.9 Å². The number of non-ortho nitro benzene ring substituents is 1. The third-order valence-corrected chi connectivity index (χ3v) is 4.39. The summed E-state index contributed by atoms with van der Waals surface area (Å²) in [4.78, 5) is 24.4. The molecule has 1 aliphatic heterocycles. The summed E-state index contributed by atoms with van der Waals surface area (Å²) in [6, 6.07) is 4.14. The van der Waals surface area contributed by atoms with Gasteiger partial charge in [0.05, 0.1) is 10.5 Å². The van der Waals surface area contributed by atoms with E-state index in [-0.39, 0.29) is 17.6 Å². The number of rotatable bonds is 2. The zero-order chi connectivity index (χ0) is 14.9. The predicted molar refractivity (Wildman–Crippen MR) is 78.5 cm³/mol. The SMILES string of the molecule is CC1CCN(C(=O)c2cc([N+](=O)[O-])ccc2Br)CC1N. The van der Waals surface area contributed by atoms with Crippen LogP contribution in [0.15, 0.2) is 22.7 Å². The van der Waals surface area contributed by atoms with Crippen LogP contribution in [0, 0.1) is 16.0 Å². The number of halogens is 1. The molecule has 1 amide bonds. The van der Waals surface area contributed by atoms with E-state index in [4.69, 9.17) is 5.73 Å². The zero-order valence-corrected chi connectivity index (χ0v) is 12.7. The summed E-state index contributed by atoms with van der Waals surface area (Å²) in [5.41, 5.74) is 6.20. The molecule has 1 saturated heterocycles. The van der Waals surface area contributed by atoms with Gasteiger partial charge in [-0.1, -0.05) is 6.92 Å². The lowest BCUT2D eigenvalue weighted by molar-refractivity contribution is -0.384. The normalized spacial score (nSPS) is 22.6. The highest BCUT2D eigenvalue weighted by Gasteiger charge is 2.28. The average Bonchev–Trinajstić information content (AvgIpc) is 2.41. The molecular formula is C13H16BrN3O3. The molecular weight excluding hydrogens is 326 g/mol. The van der Waals surface area contributed by atoms with Crippen LogP contribution in [-0.2, 0) is 0 Å². The number of nitrogens with two attached hydrogens (primary N) is 1. The van der Waals surface area contributed by atoms with Crippen molar-refractivity contribution in [2.75, 3.05) is 13.1 Å². The molecule has 0 spiro atoms. The summed E-state index contributed by atoms with van der Waals surface area (Å²) in [5, 5.41) is 10.8. The lowest BCUT2D eigenvalue weighted by Gasteiger charge is -2.35. The summed E-state index contributed by atoms with van der Waals surface area (Å²) < 4.78 is 0.556. The maximum Gasteiger partial charge on any atom is 0.270 e. The summed E-state index contributed by atoms with van der Waals surface area (Å²) in [7, 11) is 0. The Morgan fingerprint density at radius 1 is 1.55 bits per heavy atom. The molecule has 2 rings (SSSR count). The van der Waals surface area contributed by atoms with E-state index < -0.39 is 4.92 Å². The number of hydrogen-bond donors (Lipinski definition) is 1. The second kappa shape index (κ2) is 5.88. The van der Waals surface area contributed by atoms with Crippen molar-refractivity contribution >= 4 is 27.5 Å². The minimum absolute atomic E-state index is 0.0508. The Bertz CT molecular complexity index is 550. The van der Waals surface area contributed by atoms with Crippen molar-refractivity contribution in [3.8, 4) is 0 Å². The highest BCUT2D eigenvalue weighted by atomic mass is 79.9. The molecule has 0 bridgehead atoms. The number of carbonyl (C=O) groups excluding carboxylic acids is 1. The molecule has 2 unspecified atom stereocenters. The largest absolute Gasteiger partial charge is 0.337 e. The molecule has 2 N–H and O–H groups in total. The first-order valence-electron chi connectivity index (χ1n) is 6.39. The van der Waals surface area contributed by atoms with E-state index in [1.807, 2.05) is 0 Å². The zero-order valence-electron chi connectivity index (χ0n) is 11.1. The van der Waals surface area contributed by atoms with Gasteiger partial charge >= 0.3 is 0 Å². The molecule has 2 atom stereocenters. The number of nitro benzene ring substituents is 1. The van der Waals surface area contributed by atoms with Crippen LogP contribution in [0.4, 0.5) is 5.69 Å². The number of likely N-dealkylation sites (tertiary alicyclic amines) is 1. The van der Waals surface area contributed by atoms with Crippen molar-refractivity contribution in [2.24, 2.45) is 11.7 Å². The molecule has 0 aromatic heterocycles. The van der Waals surface area contributed by atoms with Crippen LogP contribution in [0.25, 0.3) is 0 Å². The Hall–Kier alpha value is -1.47. The molecule has 1 fully saturated rings. The average molecular weight is 342 g/mol. The first kappa shape index (κ1) is 14.9. The Labute approximate surface area is 125 Å². The first-order valence-corrected chi connectivity index (χ1v) is 7.18. The molecule has 1 aromatic rings. The van der Waals surface area contributed by atoms with Crippen LogP contribution in [0.1, 0.15) is 23.7 Å². The maximum absolute atomic E-state index is 12.5. The Kier molecular flexibility index (Phi) is 4.39. The summed E-state index contributed by atoms with van der Waals surface area (Å²) in [5.74, 6) is 0.163. The minimum atomic E-state index is -0.507. The quantitative estimate of drug-likeness (QED) is 0.659. The number of nitrogens with zero attached hydrogens (tertiary/aromatic N) is 2. The van der Waals surface area contributed by atoms with Crippen LogP contribution >= 0.6 is 15.9 Å². The second-order valence-electron chi connectivity index (χ2n) is 5.10. The minimum Gasteiger partial charge on any atom is -0.337 e. The molecule has 0 saturated carbocycles. The fourth-order valence-electron chi connectivity index (χ4n) is 2.24. The van der Waals surface area contributed by atoms with Crippen molar-refractivity contribution in [1.82, 2.24) is 4.90 Å². The van der Waals surface area contributed by atoms with E-state index >= 15 is 0 Å². The lowest BCUT2D eigenvalue weighted by atomic mass is 9.94. The van der Waals surface area contributed by atoms with Crippen molar-refractivity contribution in [3.63, 3.8) is 0 Å². The van der Waals surface area contributed by atoms with Crippen LogP contribution in [0.3, 0.4) is 0 Å². The third-order valence-electron chi connectivity index (χ3n) is 3.69.